The average Bonchev–Trinajstić information content (AvgIpc) is 3.14. The first-order valence-corrected chi connectivity index (χ1v) is 12.8. The van der Waals surface area contributed by atoms with Gasteiger partial charge in [-0.05, 0) is 74.2 Å². The molecule has 0 bridgehead atoms. The van der Waals surface area contributed by atoms with E-state index in [1.807, 2.05) is 6.92 Å². The second-order valence-electron chi connectivity index (χ2n) is 8.58. The standard InChI is InChI=1S/C24H29N3O4S/c1-17-16-19(24(29)25-20-6-3-2-4-7-20)10-13-22(17)26-23(28)18-8-11-21(12-9-18)27-14-5-15-32(27,30)31/h8-13,16,20H,2-7,14-15H2,1H3,(H,25,29)(H,26,28). The number of aryl methyl sites for hydroxylation is 1. The summed E-state index contributed by atoms with van der Waals surface area (Å²) in [7, 11) is -3.25. The van der Waals surface area contributed by atoms with Gasteiger partial charge in [0, 0.05) is 29.4 Å². The average molecular weight is 456 g/mol. The Labute approximate surface area is 189 Å². The minimum absolute atomic E-state index is 0.0784. The topological polar surface area (TPSA) is 95.6 Å². The van der Waals surface area contributed by atoms with Crippen LogP contribution in [0.1, 0.15) is 64.8 Å². The molecule has 2 N–H and O–H groups in total. The van der Waals surface area contributed by atoms with E-state index >= 15 is 0 Å². The molecule has 2 fully saturated rings. The van der Waals surface area contributed by atoms with Gasteiger partial charge in [-0.15, -0.1) is 0 Å². The smallest absolute Gasteiger partial charge is 0.255 e. The van der Waals surface area contributed by atoms with Crippen molar-refractivity contribution in [1.29, 1.82) is 0 Å². The van der Waals surface area contributed by atoms with Crippen LogP contribution in [0.5, 0.6) is 0 Å². The zero-order valence-corrected chi connectivity index (χ0v) is 19.1. The monoisotopic (exact) mass is 455 g/mol. The molecule has 1 heterocycles. The fourth-order valence-electron chi connectivity index (χ4n) is 4.36. The lowest BCUT2D eigenvalue weighted by atomic mass is 9.95. The van der Waals surface area contributed by atoms with Gasteiger partial charge in [0.1, 0.15) is 0 Å². The van der Waals surface area contributed by atoms with Crippen molar-refractivity contribution >= 4 is 33.2 Å². The molecule has 2 aliphatic rings. The minimum Gasteiger partial charge on any atom is -0.349 e. The number of anilines is 2. The lowest BCUT2D eigenvalue weighted by molar-refractivity contribution is 0.0927. The number of hydrogen-bond acceptors (Lipinski definition) is 4. The molecule has 2 amide bonds. The number of hydrogen-bond donors (Lipinski definition) is 2. The maximum atomic E-state index is 12.7. The van der Waals surface area contributed by atoms with Crippen molar-refractivity contribution in [3.05, 3.63) is 59.2 Å². The van der Waals surface area contributed by atoms with Crippen molar-refractivity contribution in [1.82, 2.24) is 5.32 Å². The number of nitrogens with zero attached hydrogens (tertiary/aromatic N) is 1. The van der Waals surface area contributed by atoms with E-state index in [1.165, 1.54) is 10.7 Å². The van der Waals surface area contributed by atoms with Crippen molar-refractivity contribution in [2.45, 2.75) is 51.5 Å². The van der Waals surface area contributed by atoms with Gasteiger partial charge in [-0.25, -0.2) is 8.42 Å². The molecule has 0 atom stereocenters. The fourth-order valence-corrected chi connectivity index (χ4v) is 5.93. The highest BCUT2D eigenvalue weighted by Crippen LogP contribution is 2.25. The van der Waals surface area contributed by atoms with E-state index in [4.69, 9.17) is 0 Å². The van der Waals surface area contributed by atoms with Gasteiger partial charge in [0.2, 0.25) is 10.0 Å². The van der Waals surface area contributed by atoms with E-state index in [1.54, 1.807) is 42.5 Å². The minimum atomic E-state index is -3.25. The predicted molar refractivity (Wildman–Crippen MR) is 126 cm³/mol. The number of benzene rings is 2. The van der Waals surface area contributed by atoms with Gasteiger partial charge in [-0.3, -0.25) is 13.9 Å². The van der Waals surface area contributed by atoms with Gasteiger partial charge in [-0.1, -0.05) is 19.3 Å². The molecule has 1 aliphatic heterocycles. The van der Waals surface area contributed by atoms with Crippen LogP contribution in [0.4, 0.5) is 11.4 Å². The second-order valence-corrected chi connectivity index (χ2v) is 10.6. The van der Waals surface area contributed by atoms with E-state index in [0.29, 0.717) is 35.5 Å². The SMILES string of the molecule is Cc1cc(C(=O)NC2CCCCC2)ccc1NC(=O)c1ccc(N2CCCS2(=O)=O)cc1. The van der Waals surface area contributed by atoms with Gasteiger partial charge in [0.15, 0.2) is 0 Å². The third-order valence-corrected chi connectivity index (χ3v) is 8.06. The zero-order valence-electron chi connectivity index (χ0n) is 18.3. The number of nitrogens with one attached hydrogen (secondary N) is 2. The molecule has 0 spiro atoms. The summed E-state index contributed by atoms with van der Waals surface area (Å²) in [6.07, 6.45) is 6.22. The van der Waals surface area contributed by atoms with Gasteiger partial charge in [0.05, 0.1) is 11.4 Å². The summed E-state index contributed by atoms with van der Waals surface area (Å²) in [4.78, 5) is 25.2. The van der Waals surface area contributed by atoms with E-state index in [9.17, 15) is 18.0 Å². The lowest BCUT2D eigenvalue weighted by Gasteiger charge is -2.23. The Kier molecular flexibility index (Phi) is 6.50. The van der Waals surface area contributed by atoms with Crippen LogP contribution < -0.4 is 14.9 Å². The lowest BCUT2D eigenvalue weighted by Crippen LogP contribution is -2.36. The van der Waals surface area contributed by atoms with Crippen LogP contribution in [-0.4, -0.2) is 38.6 Å². The van der Waals surface area contributed by atoms with Crippen LogP contribution in [0.2, 0.25) is 0 Å². The molecular formula is C24H29N3O4S. The van der Waals surface area contributed by atoms with Crippen LogP contribution in [0, 0.1) is 6.92 Å². The highest BCUT2D eigenvalue weighted by atomic mass is 32.2. The first-order chi connectivity index (χ1) is 15.3. The van der Waals surface area contributed by atoms with E-state index in [2.05, 4.69) is 10.6 Å². The molecule has 32 heavy (non-hydrogen) atoms. The highest BCUT2D eigenvalue weighted by molar-refractivity contribution is 7.93. The Balaban J connectivity index is 1.40. The largest absolute Gasteiger partial charge is 0.349 e. The molecule has 1 saturated carbocycles. The van der Waals surface area contributed by atoms with Crippen LogP contribution in [-0.2, 0) is 10.0 Å². The first-order valence-electron chi connectivity index (χ1n) is 11.2. The van der Waals surface area contributed by atoms with Crippen molar-refractivity contribution in [2.24, 2.45) is 0 Å². The Bertz CT molecular complexity index is 1110. The number of carbonyl (C=O) groups is 2. The van der Waals surface area contributed by atoms with E-state index in [0.717, 1.165) is 31.2 Å². The Morgan fingerprint density at radius 3 is 2.22 bits per heavy atom. The molecule has 8 heteroatoms. The summed E-state index contributed by atoms with van der Waals surface area (Å²) in [5, 5.41) is 5.99. The van der Waals surface area contributed by atoms with Gasteiger partial charge in [-0.2, -0.15) is 0 Å². The molecule has 0 unspecified atom stereocenters. The van der Waals surface area contributed by atoms with Gasteiger partial charge < -0.3 is 10.6 Å². The van der Waals surface area contributed by atoms with Crippen molar-refractivity contribution in [3.63, 3.8) is 0 Å². The molecule has 4 rings (SSSR count). The maximum absolute atomic E-state index is 12.7. The summed E-state index contributed by atoms with van der Waals surface area (Å²) >= 11 is 0. The van der Waals surface area contributed by atoms with Gasteiger partial charge in [0.25, 0.3) is 11.8 Å². The van der Waals surface area contributed by atoms with E-state index in [-0.39, 0.29) is 23.6 Å². The third kappa shape index (κ3) is 4.96. The maximum Gasteiger partial charge on any atom is 0.255 e. The molecule has 1 aliphatic carbocycles. The Morgan fingerprint density at radius 1 is 0.906 bits per heavy atom. The summed E-state index contributed by atoms with van der Waals surface area (Å²) in [5.74, 6) is -0.211. The van der Waals surface area contributed by atoms with E-state index < -0.39 is 10.0 Å². The molecule has 7 nitrogen and oxygen atoms in total. The first kappa shape index (κ1) is 22.3. The summed E-state index contributed by atoms with van der Waals surface area (Å²) < 4.78 is 25.5. The van der Waals surface area contributed by atoms with Crippen molar-refractivity contribution < 1.29 is 18.0 Å². The molecule has 2 aromatic rings. The zero-order chi connectivity index (χ0) is 22.7. The second kappa shape index (κ2) is 9.32. The normalized spacial score (nSPS) is 18.3. The number of rotatable bonds is 5. The number of amides is 2. The molecule has 170 valence electrons. The summed E-state index contributed by atoms with van der Waals surface area (Å²) in [6.45, 7) is 2.32. The highest BCUT2D eigenvalue weighted by Gasteiger charge is 2.28. The Morgan fingerprint density at radius 2 is 1.59 bits per heavy atom. The number of carbonyl (C=O) groups excluding carboxylic acids is 2. The van der Waals surface area contributed by atoms with Crippen molar-refractivity contribution in [2.75, 3.05) is 21.9 Å². The predicted octanol–water partition coefficient (Wildman–Crippen LogP) is 3.85. The molecule has 0 aromatic heterocycles. The summed E-state index contributed by atoms with van der Waals surface area (Å²) in [5.41, 5.74) is 3.03. The van der Waals surface area contributed by atoms with Crippen molar-refractivity contribution in [3.8, 4) is 0 Å². The number of sulfonamides is 1. The quantitative estimate of drug-likeness (QED) is 0.716. The molecule has 0 radical (unpaired) electrons. The van der Waals surface area contributed by atoms with Crippen LogP contribution in [0.3, 0.4) is 0 Å². The van der Waals surface area contributed by atoms with Gasteiger partial charge >= 0.3 is 0 Å². The van der Waals surface area contributed by atoms with Crippen LogP contribution in [0.15, 0.2) is 42.5 Å². The fraction of sp³-hybridized carbons (Fsp3) is 0.417. The molecular weight excluding hydrogens is 426 g/mol. The third-order valence-electron chi connectivity index (χ3n) is 6.19. The Hall–Kier alpha value is -2.87. The van der Waals surface area contributed by atoms with Crippen LogP contribution >= 0.6 is 0 Å². The van der Waals surface area contributed by atoms with Crippen LogP contribution in [0.25, 0.3) is 0 Å². The summed E-state index contributed by atoms with van der Waals surface area (Å²) in [6, 6.07) is 12.1. The molecule has 2 aromatic carbocycles. The molecule has 1 saturated heterocycles.